The van der Waals surface area contributed by atoms with Gasteiger partial charge in [0, 0.05) is 46.0 Å². The molecule has 1 aromatic heterocycles. The number of hydrogen-bond acceptors (Lipinski definition) is 4. The Bertz CT molecular complexity index is 307. The summed E-state index contributed by atoms with van der Waals surface area (Å²) in [6.45, 7) is 6.83. The molecule has 0 bridgehead atoms. The van der Waals surface area contributed by atoms with Crippen molar-refractivity contribution >= 4 is 0 Å². The van der Waals surface area contributed by atoms with Gasteiger partial charge in [-0.25, -0.2) is 0 Å². The van der Waals surface area contributed by atoms with Crippen molar-refractivity contribution in [3.05, 3.63) is 18.0 Å². The van der Waals surface area contributed by atoms with Crippen molar-refractivity contribution < 1.29 is 4.74 Å². The third kappa shape index (κ3) is 3.59. The van der Waals surface area contributed by atoms with E-state index in [-0.39, 0.29) is 0 Å². The van der Waals surface area contributed by atoms with E-state index in [2.05, 4.69) is 15.3 Å². The molecular weight excluding hydrogens is 204 g/mol. The van der Waals surface area contributed by atoms with E-state index in [9.17, 15) is 0 Å². The summed E-state index contributed by atoms with van der Waals surface area (Å²) < 4.78 is 7.14. The fraction of sp³-hybridized carbons (Fsp3) is 0.727. The number of hydrogen-bond donors (Lipinski definition) is 1. The lowest BCUT2D eigenvalue weighted by atomic mass is 10.4. The predicted octanol–water partition coefficient (Wildman–Crippen LogP) is -0.158. The molecule has 0 amide bonds. The molecule has 0 atom stereocenters. The molecule has 1 fully saturated rings. The molecule has 0 unspecified atom stereocenters. The van der Waals surface area contributed by atoms with Gasteiger partial charge in [0.15, 0.2) is 0 Å². The van der Waals surface area contributed by atoms with Gasteiger partial charge in [-0.2, -0.15) is 5.10 Å². The maximum Gasteiger partial charge on any atom is 0.0762 e. The molecule has 0 spiro atoms. The van der Waals surface area contributed by atoms with Crippen LogP contribution in [0.5, 0.6) is 0 Å². The third-order valence-corrected chi connectivity index (χ3v) is 2.78. The van der Waals surface area contributed by atoms with Crippen molar-refractivity contribution in [1.82, 2.24) is 20.0 Å². The lowest BCUT2D eigenvalue weighted by molar-refractivity contribution is 0.0384. The first-order chi connectivity index (χ1) is 7.84. The Morgan fingerprint density at radius 2 is 2.25 bits per heavy atom. The van der Waals surface area contributed by atoms with Crippen LogP contribution in [0.3, 0.4) is 0 Å². The molecule has 5 nitrogen and oxygen atoms in total. The van der Waals surface area contributed by atoms with Crippen molar-refractivity contribution in [1.29, 1.82) is 0 Å². The van der Waals surface area contributed by atoms with Crippen LogP contribution in [0.25, 0.3) is 0 Å². The Morgan fingerprint density at radius 1 is 1.44 bits per heavy atom. The standard InChI is InChI=1S/C11H20N4O/c1-14-4-2-11(13-14)10-12-3-5-15-6-8-16-9-7-15/h2,4,12H,3,5-10H2,1H3. The lowest BCUT2D eigenvalue weighted by Crippen LogP contribution is -2.40. The van der Waals surface area contributed by atoms with Crippen LogP contribution >= 0.6 is 0 Å². The minimum atomic E-state index is 0.852. The van der Waals surface area contributed by atoms with Gasteiger partial charge in [0.05, 0.1) is 18.9 Å². The molecule has 16 heavy (non-hydrogen) atoms. The van der Waals surface area contributed by atoms with Gasteiger partial charge in [-0.15, -0.1) is 0 Å². The van der Waals surface area contributed by atoms with E-state index < -0.39 is 0 Å². The van der Waals surface area contributed by atoms with Gasteiger partial charge >= 0.3 is 0 Å². The number of nitrogens with one attached hydrogen (secondary N) is 1. The molecule has 2 rings (SSSR count). The highest BCUT2D eigenvalue weighted by Crippen LogP contribution is 1.96. The average molecular weight is 224 g/mol. The molecule has 1 aliphatic rings. The van der Waals surface area contributed by atoms with E-state index in [1.807, 2.05) is 24.0 Å². The van der Waals surface area contributed by atoms with Crippen LogP contribution in [0.4, 0.5) is 0 Å². The van der Waals surface area contributed by atoms with Gasteiger partial charge in [0.25, 0.3) is 0 Å². The SMILES string of the molecule is Cn1ccc(CNCCN2CCOCC2)n1. The van der Waals surface area contributed by atoms with Gasteiger partial charge in [0.1, 0.15) is 0 Å². The first kappa shape index (κ1) is 11.6. The Kier molecular flexibility index (Phi) is 4.33. The Hall–Kier alpha value is -0.910. The molecule has 1 aliphatic heterocycles. The van der Waals surface area contributed by atoms with Gasteiger partial charge in [-0.1, -0.05) is 0 Å². The number of nitrogens with zero attached hydrogens (tertiary/aromatic N) is 3. The van der Waals surface area contributed by atoms with Crippen molar-refractivity contribution in [3.63, 3.8) is 0 Å². The average Bonchev–Trinajstić information content (AvgIpc) is 2.72. The summed E-state index contributed by atoms with van der Waals surface area (Å²) in [5.74, 6) is 0. The monoisotopic (exact) mass is 224 g/mol. The largest absolute Gasteiger partial charge is 0.379 e. The van der Waals surface area contributed by atoms with Crippen LogP contribution in [-0.4, -0.2) is 54.1 Å². The molecule has 1 aromatic rings. The highest BCUT2D eigenvalue weighted by atomic mass is 16.5. The molecule has 0 aliphatic carbocycles. The minimum absolute atomic E-state index is 0.852. The van der Waals surface area contributed by atoms with Crippen LogP contribution < -0.4 is 5.32 Å². The van der Waals surface area contributed by atoms with Crippen molar-refractivity contribution in [2.45, 2.75) is 6.54 Å². The van der Waals surface area contributed by atoms with E-state index in [1.54, 1.807) is 0 Å². The molecule has 2 heterocycles. The minimum Gasteiger partial charge on any atom is -0.379 e. The van der Waals surface area contributed by atoms with Crippen molar-refractivity contribution in [3.8, 4) is 0 Å². The summed E-state index contributed by atoms with van der Waals surface area (Å²) in [4.78, 5) is 2.43. The number of aromatic nitrogens is 2. The van der Waals surface area contributed by atoms with Gasteiger partial charge < -0.3 is 10.1 Å². The number of aryl methyl sites for hydroxylation is 1. The normalized spacial score (nSPS) is 17.8. The molecule has 0 radical (unpaired) electrons. The zero-order valence-electron chi connectivity index (χ0n) is 9.85. The van der Waals surface area contributed by atoms with Crippen LogP contribution in [0.2, 0.25) is 0 Å². The van der Waals surface area contributed by atoms with E-state index >= 15 is 0 Å². The van der Waals surface area contributed by atoms with E-state index in [0.717, 1.165) is 51.6 Å². The predicted molar refractivity (Wildman–Crippen MR) is 62.2 cm³/mol. The van der Waals surface area contributed by atoms with Crippen molar-refractivity contribution in [2.24, 2.45) is 7.05 Å². The third-order valence-electron chi connectivity index (χ3n) is 2.78. The summed E-state index contributed by atoms with van der Waals surface area (Å²) in [6.07, 6.45) is 1.97. The van der Waals surface area contributed by atoms with Gasteiger partial charge in [0.2, 0.25) is 0 Å². The maximum absolute atomic E-state index is 5.30. The van der Waals surface area contributed by atoms with Crippen LogP contribution in [-0.2, 0) is 18.3 Å². The number of rotatable bonds is 5. The highest BCUT2D eigenvalue weighted by molar-refractivity contribution is 4.97. The second kappa shape index (κ2) is 5.98. The maximum atomic E-state index is 5.30. The molecular formula is C11H20N4O. The first-order valence-electron chi connectivity index (χ1n) is 5.84. The topological polar surface area (TPSA) is 42.3 Å². The molecule has 5 heteroatoms. The van der Waals surface area contributed by atoms with Crippen molar-refractivity contribution in [2.75, 3.05) is 39.4 Å². The Morgan fingerprint density at radius 3 is 2.94 bits per heavy atom. The summed E-state index contributed by atoms with van der Waals surface area (Å²) in [6, 6.07) is 2.04. The van der Waals surface area contributed by atoms with Gasteiger partial charge in [-0.05, 0) is 6.07 Å². The smallest absolute Gasteiger partial charge is 0.0762 e. The number of morpholine rings is 1. The second-order valence-corrected chi connectivity index (χ2v) is 4.11. The van der Waals surface area contributed by atoms with E-state index in [4.69, 9.17) is 4.74 Å². The molecule has 0 aromatic carbocycles. The second-order valence-electron chi connectivity index (χ2n) is 4.11. The zero-order chi connectivity index (χ0) is 11.2. The van der Waals surface area contributed by atoms with Crippen LogP contribution in [0.15, 0.2) is 12.3 Å². The van der Waals surface area contributed by atoms with E-state index in [1.165, 1.54) is 0 Å². The van der Waals surface area contributed by atoms with E-state index in [0.29, 0.717) is 0 Å². The summed E-state index contributed by atoms with van der Waals surface area (Å²) in [7, 11) is 1.94. The zero-order valence-corrected chi connectivity index (χ0v) is 9.85. The van der Waals surface area contributed by atoms with Crippen LogP contribution in [0, 0.1) is 0 Å². The van der Waals surface area contributed by atoms with Gasteiger partial charge in [-0.3, -0.25) is 9.58 Å². The number of ether oxygens (including phenoxy) is 1. The fourth-order valence-corrected chi connectivity index (χ4v) is 1.84. The quantitative estimate of drug-likeness (QED) is 0.706. The molecule has 1 saturated heterocycles. The molecule has 0 saturated carbocycles. The summed E-state index contributed by atoms with van der Waals surface area (Å²) in [5.41, 5.74) is 1.10. The highest BCUT2D eigenvalue weighted by Gasteiger charge is 2.08. The Labute approximate surface area is 96.4 Å². The Balaban J connectivity index is 1.57. The summed E-state index contributed by atoms with van der Waals surface area (Å²) >= 11 is 0. The molecule has 1 N–H and O–H groups in total. The van der Waals surface area contributed by atoms with Crippen LogP contribution in [0.1, 0.15) is 5.69 Å². The molecule has 90 valence electrons. The lowest BCUT2D eigenvalue weighted by Gasteiger charge is -2.26. The fourth-order valence-electron chi connectivity index (χ4n) is 1.84. The first-order valence-corrected chi connectivity index (χ1v) is 5.84. The summed E-state index contributed by atoms with van der Waals surface area (Å²) in [5, 5.41) is 7.72.